The molecule has 1 aliphatic carbocycles. The zero-order valence-corrected chi connectivity index (χ0v) is 13.9. The number of non-ortho nitro benzene ring substituents is 1. The molecule has 1 aliphatic heterocycles. The van der Waals surface area contributed by atoms with Gasteiger partial charge in [0.1, 0.15) is 5.69 Å². The van der Waals surface area contributed by atoms with Gasteiger partial charge in [-0.2, -0.15) is 0 Å². The number of nitrogens with one attached hydrogen (secondary N) is 1. The third-order valence-corrected chi connectivity index (χ3v) is 4.84. The quantitative estimate of drug-likeness (QED) is 0.515. The molecule has 2 aliphatic rings. The molecule has 0 saturated carbocycles. The molecular weight excluding hydrogens is 338 g/mol. The summed E-state index contributed by atoms with van der Waals surface area (Å²) in [6, 6.07) is 7.66. The Morgan fingerprint density at radius 1 is 1.31 bits per heavy atom. The number of nitrogens with zero attached hydrogens (tertiary/aromatic N) is 2. The summed E-state index contributed by atoms with van der Waals surface area (Å²) < 4.78 is 5.38. The average Bonchev–Trinajstić information content (AvgIpc) is 3.30. The van der Waals surface area contributed by atoms with E-state index in [4.69, 9.17) is 4.74 Å². The predicted octanol–water partition coefficient (Wildman–Crippen LogP) is 2.37. The van der Waals surface area contributed by atoms with Crippen LogP contribution >= 0.6 is 0 Å². The summed E-state index contributed by atoms with van der Waals surface area (Å²) >= 11 is 0. The SMILES string of the molecule is O=C(OC1CCN(c2cccc([N+](=O)[O-])c2)C1=O)c1cc2c([nH]1)CCC2. The highest BCUT2D eigenvalue weighted by Crippen LogP contribution is 2.27. The lowest BCUT2D eigenvalue weighted by molar-refractivity contribution is -0.384. The normalized spacial score (nSPS) is 18.8. The maximum absolute atomic E-state index is 12.6. The fraction of sp³-hybridized carbons (Fsp3) is 0.333. The number of carbonyl (C=O) groups is 2. The van der Waals surface area contributed by atoms with Crippen molar-refractivity contribution in [2.75, 3.05) is 11.4 Å². The van der Waals surface area contributed by atoms with Crippen molar-refractivity contribution in [3.63, 3.8) is 0 Å². The van der Waals surface area contributed by atoms with Gasteiger partial charge in [0.2, 0.25) is 0 Å². The summed E-state index contributed by atoms with van der Waals surface area (Å²) in [4.78, 5) is 39.8. The third kappa shape index (κ3) is 2.83. The third-order valence-electron chi connectivity index (χ3n) is 4.84. The highest BCUT2D eigenvalue weighted by atomic mass is 16.6. The van der Waals surface area contributed by atoms with Crippen LogP contribution in [0.25, 0.3) is 0 Å². The van der Waals surface area contributed by atoms with Crippen LogP contribution in [0.1, 0.15) is 34.6 Å². The number of hydrogen-bond acceptors (Lipinski definition) is 5. The van der Waals surface area contributed by atoms with Gasteiger partial charge in [-0.25, -0.2) is 4.79 Å². The molecule has 1 aromatic heterocycles. The number of carbonyl (C=O) groups excluding carboxylic acids is 2. The van der Waals surface area contributed by atoms with Gasteiger partial charge < -0.3 is 14.6 Å². The van der Waals surface area contributed by atoms with Crippen LogP contribution in [0.5, 0.6) is 0 Å². The number of aryl methyl sites for hydroxylation is 2. The number of nitro benzene ring substituents is 1. The molecule has 1 aromatic carbocycles. The van der Waals surface area contributed by atoms with Crippen LogP contribution in [0.4, 0.5) is 11.4 Å². The zero-order chi connectivity index (χ0) is 18.3. The molecule has 0 radical (unpaired) electrons. The number of rotatable bonds is 4. The molecule has 134 valence electrons. The van der Waals surface area contributed by atoms with E-state index < -0.39 is 17.0 Å². The van der Waals surface area contributed by atoms with Crippen molar-refractivity contribution in [3.05, 3.63) is 57.4 Å². The van der Waals surface area contributed by atoms with E-state index in [1.54, 1.807) is 12.1 Å². The highest BCUT2D eigenvalue weighted by Gasteiger charge is 2.36. The van der Waals surface area contributed by atoms with E-state index in [9.17, 15) is 19.7 Å². The lowest BCUT2D eigenvalue weighted by Crippen LogP contribution is -2.32. The highest BCUT2D eigenvalue weighted by molar-refractivity contribution is 6.01. The van der Waals surface area contributed by atoms with Crippen molar-refractivity contribution in [2.45, 2.75) is 31.8 Å². The van der Waals surface area contributed by atoms with E-state index in [0.717, 1.165) is 30.5 Å². The van der Waals surface area contributed by atoms with Crippen LogP contribution in [0.15, 0.2) is 30.3 Å². The molecule has 0 bridgehead atoms. The molecule has 4 rings (SSSR count). The molecule has 26 heavy (non-hydrogen) atoms. The van der Waals surface area contributed by atoms with Gasteiger partial charge in [0.05, 0.1) is 10.6 Å². The number of benzene rings is 1. The first-order valence-corrected chi connectivity index (χ1v) is 8.50. The molecule has 1 amide bonds. The first-order chi connectivity index (χ1) is 12.5. The molecule has 1 fully saturated rings. The summed E-state index contributed by atoms with van der Waals surface area (Å²) in [6.07, 6.45) is 2.43. The summed E-state index contributed by atoms with van der Waals surface area (Å²) in [5.74, 6) is -0.906. The van der Waals surface area contributed by atoms with Gasteiger partial charge in [-0.05, 0) is 37.0 Å². The number of aromatic amines is 1. The fourth-order valence-electron chi connectivity index (χ4n) is 3.54. The molecule has 8 heteroatoms. The number of ether oxygens (including phenoxy) is 1. The lowest BCUT2D eigenvalue weighted by Gasteiger charge is -2.16. The van der Waals surface area contributed by atoms with Gasteiger partial charge in [-0.3, -0.25) is 14.9 Å². The van der Waals surface area contributed by atoms with Gasteiger partial charge >= 0.3 is 5.97 Å². The van der Waals surface area contributed by atoms with Gasteiger partial charge in [0.15, 0.2) is 6.10 Å². The topological polar surface area (TPSA) is 106 Å². The van der Waals surface area contributed by atoms with Crippen LogP contribution in [0.3, 0.4) is 0 Å². The molecule has 8 nitrogen and oxygen atoms in total. The van der Waals surface area contributed by atoms with Crippen LogP contribution in [-0.2, 0) is 22.4 Å². The number of amides is 1. The summed E-state index contributed by atoms with van der Waals surface area (Å²) in [5, 5.41) is 10.9. The van der Waals surface area contributed by atoms with Crippen molar-refractivity contribution in [2.24, 2.45) is 0 Å². The largest absolute Gasteiger partial charge is 0.447 e. The Morgan fingerprint density at radius 3 is 2.92 bits per heavy atom. The minimum Gasteiger partial charge on any atom is -0.447 e. The Bertz CT molecular complexity index is 882. The Labute approximate surface area is 148 Å². The number of hydrogen-bond donors (Lipinski definition) is 1. The van der Waals surface area contributed by atoms with Crippen molar-refractivity contribution in [1.29, 1.82) is 0 Å². The Hall–Kier alpha value is -3.16. The minimum absolute atomic E-state index is 0.0864. The van der Waals surface area contributed by atoms with Gasteiger partial charge in [0.25, 0.3) is 11.6 Å². The van der Waals surface area contributed by atoms with E-state index in [2.05, 4.69) is 4.98 Å². The fourth-order valence-corrected chi connectivity index (χ4v) is 3.54. The Kier molecular flexibility index (Phi) is 3.95. The molecule has 1 N–H and O–H groups in total. The number of aromatic nitrogens is 1. The first kappa shape index (κ1) is 16.3. The van der Waals surface area contributed by atoms with Crippen molar-refractivity contribution in [1.82, 2.24) is 4.98 Å². The molecule has 1 unspecified atom stereocenters. The van der Waals surface area contributed by atoms with E-state index in [1.807, 2.05) is 0 Å². The maximum atomic E-state index is 12.6. The molecule has 0 spiro atoms. The summed E-state index contributed by atoms with van der Waals surface area (Å²) in [7, 11) is 0. The second kappa shape index (κ2) is 6.29. The maximum Gasteiger partial charge on any atom is 0.355 e. The van der Waals surface area contributed by atoms with Crippen molar-refractivity contribution >= 4 is 23.3 Å². The van der Waals surface area contributed by atoms with Gasteiger partial charge in [-0.1, -0.05) is 6.07 Å². The van der Waals surface area contributed by atoms with Gasteiger partial charge in [-0.15, -0.1) is 0 Å². The number of fused-ring (bicyclic) bond motifs is 1. The summed E-state index contributed by atoms with van der Waals surface area (Å²) in [5.41, 5.74) is 2.91. The van der Waals surface area contributed by atoms with E-state index in [0.29, 0.717) is 24.3 Å². The van der Waals surface area contributed by atoms with Crippen LogP contribution < -0.4 is 4.90 Å². The van der Waals surface area contributed by atoms with Crippen molar-refractivity contribution in [3.8, 4) is 0 Å². The lowest BCUT2D eigenvalue weighted by atomic mass is 10.2. The minimum atomic E-state index is -0.875. The summed E-state index contributed by atoms with van der Waals surface area (Å²) in [6.45, 7) is 0.346. The smallest absolute Gasteiger partial charge is 0.355 e. The number of anilines is 1. The molecular formula is C18H17N3O5. The van der Waals surface area contributed by atoms with Crippen LogP contribution in [0, 0.1) is 10.1 Å². The average molecular weight is 355 g/mol. The van der Waals surface area contributed by atoms with Crippen LogP contribution in [0.2, 0.25) is 0 Å². The predicted molar refractivity (Wildman–Crippen MR) is 92.1 cm³/mol. The number of esters is 1. The number of nitro groups is 1. The standard InChI is InChI=1S/C18H17N3O5/c22-17-16(26-18(23)15-9-11-3-1-6-14(11)19-15)7-8-20(17)12-4-2-5-13(10-12)21(24)25/h2,4-5,9-10,16,19H,1,3,6-8H2. The van der Waals surface area contributed by atoms with E-state index in [-0.39, 0.29) is 11.6 Å². The Morgan fingerprint density at radius 2 is 2.15 bits per heavy atom. The molecule has 2 heterocycles. The second-order valence-electron chi connectivity index (χ2n) is 6.49. The van der Waals surface area contributed by atoms with Gasteiger partial charge in [0, 0.05) is 30.8 Å². The second-order valence-corrected chi connectivity index (χ2v) is 6.49. The van der Waals surface area contributed by atoms with Crippen molar-refractivity contribution < 1.29 is 19.2 Å². The monoisotopic (exact) mass is 355 g/mol. The Balaban J connectivity index is 1.46. The molecule has 1 saturated heterocycles. The molecule has 1 atom stereocenters. The zero-order valence-electron chi connectivity index (χ0n) is 13.9. The first-order valence-electron chi connectivity index (χ1n) is 8.50. The molecule has 2 aromatic rings. The van der Waals surface area contributed by atoms with E-state index in [1.165, 1.54) is 23.1 Å². The van der Waals surface area contributed by atoms with Crippen LogP contribution in [-0.4, -0.2) is 34.4 Å². The van der Waals surface area contributed by atoms with E-state index >= 15 is 0 Å². The number of H-pyrrole nitrogens is 1.